The molecule has 0 aliphatic rings. The van der Waals surface area contributed by atoms with Crippen LogP contribution in [0, 0.1) is 0 Å². The average Bonchev–Trinajstić information content (AvgIpc) is 2.02. The maximum Gasteiger partial charge on any atom is 0.416 e. The summed E-state index contributed by atoms with van der Waals surface area (Å²) >= 11 is 0. The van der Waals surface area contributed by atoms with E-state index in [1.807, 2.05) is 0 Å². The van der Waals surface area contributed by atoms with E-state index in [1.54, 1.807) is 0 Å². The first-order valence-electron chi connectivity index (χ1n) is 3.45. The number of phenols is 1. The van der Waals surface area contributed by atoms with Crippen LogP contribution in [0.25, 0.3) is 0 Å². The molecule has 0 atom stereocenters. The van der Waals surface area contributed by atoms with Crippen molar-refractivity contribution in [3.8, 4) is 5.75 Å². The van der Waals surface area contributed by atoms with Crippen molar-refractivity contribution >= 4 is 0 Å². The zero-order chi connectivity index (χ0) is 10.1. The van der Waals surface area contributed by atoms with Crippen molar-refractivity contribution in [3.63, 3.8) is 0 Å². The topological polar surface area (TPSA) is 40.5 Å². The van der Waals surface area contributed by atoms with Gasteiger partial charge in [-0.05, 0) is 12.1 Å². The van der Waals surface area contributed by atoms with E-state index in [2.05, 4.69) is 0 Å². The van der Waals surface area contributed by atoms with Crippen LogP contribution in [0.5, 0.6) is 5.75 Å². The number of aliphatic hydroxyl groups excluding tert-OH is 1. The predicted molar refractivity (Wildman–Crippen MR) is 39.0 cm³/mol. The highest BCUT2D eigenvalue weighted by atomic mass is 19.4. The largest absolute Gasteiger partial charge is 0.508 e. The minimum absolute atomic E-state index is 0.491. The Morgan fingerprint density at radius 1 is 1.23 bits per heavy atom. The predicted octanol–water partition coefficient (Wildman–Crippen LogP) is 1.90. The molecule has 0 amide bonds. The minimum Gasteiger partial charge on any atom is -0.508 e. The molecule has 0 bridgehead atoms. The van der Waals surface area contributed by atoms with Crippen molar-refractivity contribution in [2.24, 2.45) is 0 Å². The van der Waals surface area contributed by atoms with Gasteiger partial charge in [0, 0.05) is 5.56 Å². The Morgan fingerprint density at radius 3 is 2.23 bits per heavy atom. The summed E-state index contributed by atoms with van der Waals surface area (Å²) in [7, 11) is 0. The van der Waals surface area contributed by atoms with Gasteiger partial charge < -0.3 is 10.2 Å². The molecule has 1 aromatic carbocycles. The highest BCUT2D eigenvalue weighted by molar-refractivity contribution is 5.40. The van der Waals surface area contributed by atoms with Crippen LogP contribution in [0.2, 0.25) is 0 Å². The van der Waals surface area contributed by atoms with Crippen molar-refractivity contribution in [3.05, 3.63) is 29.3 Å². The van der Waals surface area contributed by atoms with Crippen molar-refractivity contribution in [2.45, 2.75) is 12.8 Å². The molecule has 1 aromatic rings. The first kappa shape index (κ1) is 9.85. The Balaban J connectivity index is 3.29. The van der Waals surface area contributed by atoms with Crippen LogP contribution < -0.4 is 0 Å². The van der Waals surface area contributed by atoms with Gasteiger partial charge in [0.1, 0.15) is 5.75 Å². The average molecular weight is 192 g/mol. The zero-order valence-electron chi connectivity index (χ0n) is 6.47. The standard InChI is InChI=1S/C8H7F3O2/c9-8(10,11)6-2-1-3-7(13)5(6)4-12/h1-3,12-13H,4H2. The van der Waals surface area contributed by atoms with Crippen molar-refractivity contribution in [1.82, 2.24) is 0 Å². The van der Waals surface area contributed by atoms with Gasteiger partial charge in [-0.2, -0.15) is 13.2 Å². The molecule has 72 valence electrons. The summed E-state index contributed by atoms with van der Waals surface area (Å²) in [4.78, 5) is 0. The Labute approximate surface area is 72.2 Å². The molecule has 0 unspecified atom stereocenters. The number of hydrogen-bond acceptors (Lipinski definition) is 2. The highest BCUT2D eigenvalue weighted by Gasteiger charge is 2.33. The van der Waals surface area contributed by atoms with Gasteiger partial charge in [-0.15, -0.1) is 0 Å². The van der Waals surface area contributed by atoms with E-state index >= 15 is 0 Å². The number of benzene rings is 1. The summed E-state index contributed by atoms with van der Waals surface area (Å²) in [5, 5.41) is 17.6. The van der Waals surface area contributed by atoms with Crippen LogP contribution in [0.4, 0.5) is 13.2 Å². The van der Waals surface area contributed by atoms with E-state index in [1.165, 1.54) is 0 Å². The smallest absolute Gasteiger partial charge is 0.416 e. The maximum atomic E-state index is 12.2. The Morgan fingerprint density at radius 2 is 1.85 bits per heavy atom. The number of halogens is 3. The molecule has 0 fully saturated rings. The van der Waals surface area contributed by atoms with Crippen molar-refractivity contribution in [1.29, 1.82) is 0 Å². The fourth-order valence-corrected chi connectivity index (χ4v) is 1.01. The van der Waals surface area contributed by atoms with Crippen LogP contribution >= 0.6 is 0 Å². The molecule has 0 spiro atoms. The van der Waals surface area contributed by atoms with Gasteiger partial charge in [0.05, 0.1) is 12.2 Å². The minimum atomic E-state index is -4.54. The summed E-state index contributed by atoms with van der Waals surface area (Å²) in [6, 6.07) is 2.99. The van der Waals surface area contributed by atoms with Crippen LogP contribution in [0.3, 0.4) is 0 Å². The summed E-state index contributed by atoms with van der Waals surface area (Å²) in [6.07, 6.45) is -4.54. The quantitative estimate of drug-likeness (QED) is 0.713. The molecule has 0 heterocycles. The van der Waals surface area contributed by atoms with Gasteiger partial charge in [0.2, 0.25) is 0 Å². The number of aromatic hydroxyl groups is 1. The van der Waals surface area contributed by atoms with Gasteiger partial charge in [-0.3, -0.25) is 0 Å². The maximum absolute atomic E-state index is 12.2. The van der Waals surface area contributed by atoms with E-state index in [4.69, 9.17) is 10.2 Å². The molecule has 0 saturated heterocycles. The summed E-state index contributed by atoms with van der Waals surface area (Å²) in [5.41, 5.74) is -1.50. The fraction of sp³-hybridized carbons (Fsp3) is 0.250. The second-order valence-electron chi connectivity index (χ2n) is 2.46. The molecule has 0 radical (unpaired) electrons. The van der Waals surface area contributed by atoms with Gasteiger partial charge >= 0.3 is 6.18 Å². The summed E-state index contributed by atoms with van der Waals surface area (Å²) < 4.78 is 36.6. The fourth-order valence-electron chi connectivity index (χ4n) is 1.01. The summed E-state index contributed by atoms with van der Waals surface area (Å²) in [5.74, 6) is -0.544. The second-order valence-corrected chi connectivity index (χ2v) is 2.46. The zero-order valence-corrected chi connectivity index (χ0v) is 6.47. The lowest BCUT2D eigenvalue weighted by molar-refractivity contribution is -0.138. The normalized spacial score (nSPS) is 11.7. The molecule has 0 saturated carbocycles. The molecule has 0 aromatic heterocycles. The molecule has 2 nitrogen and oxygen atoms in total. The molecule has 13 heavy (non-hydrogen) atoms. The van der Waals surface area contributed by atoms with E-state index in [0.29, 0.717) is 0 Å². The van der Waals surface area contributed by atoms with Crippen LogP contribution in [0.15, 0.2) is 18.2 Å². The molecule has 0 aliphatic heterocycles. The Kier molecular flexibility index (Phi) is 2.47. The molecule has 1 rings (SSSR count). The van der Waals surface area contributed by atoms with E-state index in [0.717, 1.165) is 18.2 Å². The first-order valence-corrected chi connectivity index (χ1v) is 3.45. The van der Waals surface area contributed by atoms with Gasteiger partial charge in [-0.25, -0.2) is 0 Å². The van der Waals surface area contributed by atoms with Crippen LogP contribution in [-0.2, 0) is 12.8 Å². The highest BCUT2D eigenvalue weighted by Crippen LogP contribution is 2.35. The summed E-state index contributed by atoms with van der Waals surface area (Å²) in [6.45, 7) is -0.832. The van der Waals surface area contributed by atoms with Crippen LogP contribution in [-0.4, -0.2) is 10.2 Å². The lowest BCUT2D eigenvalue weighted by Gasteiger charge is -2.11. The Bertz CT molecular complexity index is 307. The molecule has 2 N–H and O–H groups in total. The van der Waals surface area contributed by atoms with Gasteiger partial charge in [0.25, 0.3) is 0 Å². The SMILES string of the molecule is OCc1c(O)cccc1C(F)(F)F. The Hall–Kier alpha value is -1.23. The molecular formula is C8H7F3O2. The van der Waals surface area contributed by atoms with Crippen LogP contribution in [0.1, 0.15) is 11.1 Å². The third-order valence-electron chi connectivity index (χ3n) is 1.61. The van der Waals surface area contributed by atoms with E-state index in [-0.39, 0.29) is 0 Å². The molecule has 5 heteroatoms. The number of hydrogen-bond donors (Lipinski definition) is 2. The van der Waals surface area contributed by atoms with E-state index < -0.39 is 29.7 Å². The van der Waals surface area contributed by atoms with Crippen molar-refractivity contribution in [2.75, 3.05) is 0 Å². The molecule has 0 aliphatic carbocycles. The third-order valence-corrected chi connectivity index (χ3v) is 1.61. The van der Waals surface area contributed by atoms with Gasteiger partial charge in [0.15, 0.2) is 0 Å². The monoisotopic (exact) mass is 192 g/mol. The lowest BCUT2D eigenvalue weighted by Crippen LogP contribution is -2.09. The first-order chi connectivity index (χ1) is 5.96. The second kappa shape index (κ2) is 3.26. The van der Waals surface area contributed by atoms with E-state index in [9.17, 15) is 13.2 Å². The third kappa shape index (κ3) is 1.92. The van der Waals surface area contributed by atoms with Gasteiger partial charge in [-0.1, -0.05) is 6.07 Å². The number of aliphatic hydroxyl groups is 1. The number of rotatable bonds is 1. The van der Waals surface area contributed by atoms with Crippen molar-refractivity contribution < 1.29 is 23.4 Å². The molecular weight excluding hydrogens is 185 g/mol. The number of alkyl halides is 3. The lowest BCUT2D eigenvalue weighted by atomic mass is 10.1.